The standard InChI is InChI=1S/C16H14N4O5S2/c1-3-25-14(21)12-8(2)11-13(26-12)18-16(27-11)19-15(22)17-9-4-6-10(7-5-9)20(23)24/h4-7H,3H2,1-2H3,(H2,17,18,19,22). The van der Waals surface area contributed by atoms with E-state index < -0.39 is 11.0 Å². The largest absolute Gasteiger partial charge is 0.462 e. The number of carbonyl (C=O) groups is 2. The Kier molecular flexibility index (Phi) is 5.33. The second-order valence-electron chi connectivity index (χ2n) is 5.31. The van der Waals surface area contributed by atoms with Gasteiger partial charge >= 0.3 is 12.0 Å². The lowest BCUT2D eigenvalue weighted by molar-refractivity contribution is -0.384. The van der Waals surface area contributed by atoms with Gasteiger partial charge < -0.3 is 10.1 Å². The molecule has 3 rings (SSSR count). The van der Waals surface area contributed by atoms with Gasteiger partial charge in [-0.25, -0.2) is 14.6 Å². The molecule has 9 nitrogen and oxygen atoms in total. The zero-order valence-corrected chi connectivity index (χ0v) is 15.9. The Bertz CT molecular complexity index is 1030. The molecule has 2 amide bonds. The van der Waals surface area contributed by atoms with E-state index in [1.807, 2.05) is 6.92 Å². The number of thiophene rings is 1. The van der Waals surface area contributed by atoms with Gasteiger partial charge in [0.25, 0.3) is 5.69 Å². The summed E-state index contributed by atoms with van der Waals surface area (Å²) in [7, 11) is 0. The number of ether oxygens (including phenoxy) is 1. The highest BCUT2D eigenvalue weighted by molar-refractivity contribution is 7.30. The number of aryl methyl sites for hydroxylation is 1. The number of anilines is 2. The van der Waals surface area contributed by atoms with Gasteiger partial charge in [0, 0.05) is 17.8 Å². The van der Waals surface area contributed by atoms with E-state index in [1.165, 1.54) is 46.9 Å². The van der Waals surface area contributed by atoms with E-state index in [-0.39, 0.29) is 11.7 Å². The van der Waals surface area contributed by atoms with Gasteiger partial charge in [0.2, 0.25) is 0 Å². The number of nitrogens with one attached hydrogen (secondary N) is 2. The van der Waals surface area contributed by atoms with E-state index in [0.29, 0.717) is 27.1 Å². The summed E-state index contributed by atoms with van der Waals surface area (Å²) in [6, 6.07) is 4.96. The Morgan fingerprint density at radius 3 is 2.52 bits per heavy atom. The number of esters is 1. The molecule has 0 radical (unpaired) electrons. The van der Waals surface area contributed by atoms with Crippen LogP contribution in [0.3, 0.4) is 0 Å². The van der Waals surface area contributed by atoms with Gasteiger partial charge in [0.1, 0.15) is 9.71 Å². The predicted octanol–water partition coefficient (Wildman–Crippen LogP) is 4.40. The van der Waals surface area contributed by atoms with Crippen LogP contribution in [-0.4, -0.2) is 28.5 Å². The molecule has 11 heteroatoms. The van der Waals surface area contributed by atoms with Crippen molar-refractivity contribution in [1.29, 1.82) is 0 Å². The van der Waals surface area contributed by atoms with Crippen LogP contribution >= 0.6 is 22.7 Å². The fraction of sp³-hybridized carbons (Fsp3) is 0.188. The van der Waals surface area contributed by atoms with Crippen LogP contribution in [0.25, 0.3) is 9.53 Å². The molecule has 0 aliphatic rings. The first-order chi connectivity index (χ1) is 12.9. The average molecular weight is 406 g/mol. The molecule has 0 aliphatic carbocycles. The molecule has 0 atom stereocenters. The molecule has 0 aliphatic heterocycles. The van der Waals surface area contributed by atoms with E-state index in [1.54, 1.807) is 6.92 Å². The highest BCUT2D eigenvalue weighted by Crippen LogP contribution is 2.37. The number of non-ortho nitro benzene ring substituents is 1. The number of hydrogen-bond donors (Lipinski definition) is 2. The van der Waals surface area contributed by atoms with E-state index >= 15 is 0 Å². The number of fused-ring (bicyclic) bond motifs is 1. The van der Waals surface area contributed by atoms with Crippen molar-refractivity contribution in [3.05, 3.63) is 44.8 Å². The molecule has 0 saturated heterocycles. The molecule has 2 aromatic heterocycles. The molecule has 0 spiro atoms. The minimum atomic E-state index is -0.520. The number of rotatable bonds is 5. The number of hydrogen-bond acceptors (Lipinski definition) is 8. The molecule has 0 unspecified atom stereocenters. The van der Waals surface area contributed by atoms with Gasteiger partial charge in [-0.3, -0.25) is 15.4 Å². The van der Waals surface area contributed by atoms with Crippen LogP contribution in [0.4, 0.5) is 21.3 Å². The molecule has 2 heterocycles. The maximum Gasteiger partial charge on any atom is 0.348 e. The minimum Gasteiger partial charge on any atom is -0.462 e. The van der Waals surface area contributed by atoms with Crippen molar-refractivity contribution in [2.45, 2.75) is 13.8 Å². The fourth-order valence-electron chi connectivity index (χ4n) is 2.26. The lowest BCUT2D eigenvalue weighted by Crippen LogP contribution is -2.19. The van der Waals surface area contributed by atoms with Gasteiger partial charge in [-0.2, -0.15) is 0 Å². The third-order valence-corrected chi connectivity index (χ3v) is 5.88. The third-order valence-electron chi connectivity index (χ3n) is 3.49. The van der Waals surface area contributed by atoms with Crippen LogP contribution in [0, 0.1) is 17.0 Å². The lowest BCUT2D eigenvalue weighted by atomic mass is 10.3. The van der Waals surface area contributed by atoms with Crippen molar-refractivity contribution in [3.63, 3.8) is 0 Å². The second-order valence-corrected chi connectivity index (χ2v) is 7.31. The summed E-state index contributed by atoms with van der Waals surface area (Å²) in [6.45, 7) is 3.85. The monoisotopic (exact) mass is 406 g/mol. The molecule has 1 aromatic carbocycles. The number of carbonyl (C=O) groups excluding carboxylic acids is 2. The summed E-state index contributed by atoms with van der Waals surface area (Å²) in [6.07, 6.45) is 0. The zero-order chi connectivity index (χ0) is 19.6. The van der Waals surface area contributed by atoms with Gasteiger partial charge in [-0.15, -0.1) is 11.3 Å². The summed E-state index contributed by atoms with van der Waals surface area (Å²) < 4.78 is 5.83. The van der Waals surface area contributed by atoms with Crippen LogP contribution < -0.4 is 10.6 Å². The lowest BCUT2D eigenvalue weighted by Gasteiger charge is -2.04. The first-order valence-electron chi connectivity index (χ1n) is 7.78. The molecule has 140 valence electrons. The molecule has 0 fully saturated rings. The van der Waals surface area contributed by atoms with Crippen LogP contribution in [0.2, 0.25) is 0 Å². The molecule has 2 N–H and O–H groups in total. The maximum absolute atomic E-state index is 12.1. The number of aromatic nitrogens is 1. The van der Waals surface area contributed by atoms with Crippen molar-refractivity contribution < 1.29 is 19.2 Å². The summed E-state index contributed by atoms with van der Waals surface area (Å²) in [5.74, 6) is -0.379. The van der Waals surface area contributed by atoms with E-state index in [0.717, 1.165) is 10.3 Å². The van der Waals surface area contributed by atoms with Crippen LogP contribution in [0.1, 0.15) is 22.2 Å². The predicted molar refractivity (Wildman–Crippen MR) is 104 cm³/mol. The van der Waals surface area contributed by atoms with E-state index in [2.05, 4.69) is 15.6 Å². The van der Waals surface area contributed by atoms with Crippen molar-refractivity contribution >= 4 is 60.7 Å². The van der Waals surface area contributed by atoms with Gasteiger partial charge in [0.15, 0.2) is 5.13 Å². The summed E-state index contributed by atoms with van der Waals surface area (Å²) in [4.78, 5) is 39.6. The van der Waals surface area contributed by atoms with Gasteiger partial charge in [0.05, 0.1) is 16.2 Å². The molecule has 0 bridgehead atoms. The Labute approximate surface area is 161 Å². The van der Waals surface area contributed by atoms with Crippen molar-refractivity contribution in [3.8, 4) is 0 Å². The fourth-order valence-corrected chi connectivity index (χ4v) is 4.47. The molecular formula is C16H14N4O5S2. The van der Waals surface area contributed by atoms with Crippen LogP contribution in [0.15, 0.2) is 24.3 Å². The van der Waals surface area contributed by atoms with E-state index in [9.17, 15) is 19.7 Å². The number of benzene rings is 1. The summed E-state index contributed by atoms with van der Waals surface area (Å²) in [5.41, 5.74) is 1.13. The van der Waals surface area contributed by atoms with Crippen molar-refractivity contribution in [2.24, 2.45) is 0 Å². The number of nitrogens with zero attached hydrogens (tertiary/aromatic N) is 2. The first kappa shape index (κ1) is 18.7. The second kappa shape index (κ2) is 7.68. The van der Waals surface area contributed by atoms with Crippen LogP contribution in [-0.2, 0) is 4.74 Å². The van der Waals surface area contributed by atoms with Crippen molar-refractivity contribution in [2.75, 3.05) is 17.2 Å². The highest BCUT2D eigenvalue weighted by Gasteiger charge is 2.20. The summed E-state index contributed by atoms with van der Waals surface area (Å²) >= 11 is 2.47. The minimum absolute atomic E-state index is 0.0611. The Morgan fingerprint density at radius 1 is 1.22 bits per heavy atom. The topological polar surface area (TPSA) is 123 Å². The Morgan fingerprint density at radius 2 is 1.93 bits per heavy atom. The third kappa shape index (κ3) is 4.04. The van der Waals surface area contributed by atoms with Crippen LogP contribution in [0.5, 0.6) is 0 Å². The maximum atomic E-state index is 12.1. The number of amides is 2. The molecular weight excluding hydrogens is 392 g/mol. The SMILES string of the molecule is CCOC(=O)c1sc2nc(NC(=O)Nc3ccc([N+](=O)[O-])cc3)sc2c1C. The smallest absolute Gasteiger partial charge is 0.348 e. The highest BCUT2D eigenvalue weighted by atomic mass is 32.1. The number of nitro benzene ring substituents is 1. The van der Waals surface area contributed by atoms with E-state index in [4.69, 9.17) is 4.74 Å². The first-order valence-corrected chi connectivity index (χ1v) is 9.41. The normalized spacial score (nSPS) is 10.6. The Balaban J connectivity index is 1.70. The average Bonchev–Trinajstić information content (AvgIpc) is 3.14. The summed E-state index contributed by atoms with van der Waals surface area (Å²) in [5, 5.41) is 16.2. The molecule has 3 aromatic rings. The molecule has 0 saturated carbocycles. The van der Waals surface area contributed by atoms with Crippen molar-refractivity contribution in [1.82, 2.24) is 4.98 Å². The van der Waals surface area contributed by atoms with Gasteiger partial charge in [-0.05, 0) is 31.5 Å². The number of thiazole rings is 1. The quantitative estimate of drug-likeness (QED) is 0.368. The molecule has 27 heavy (non-hydrogen) atoms. The number of nitro groups is 1. The Hall–Kier alpha value is -3.05. The number of urea groups is 1. The zero-order valence-electron chi connectivity index (χ0n) is 14.3. The van der Waals surface area contributed by atoms with Gasteiger partial charge in [-0.1, -0.05) is 11.3 Å².